The predicted molar refractivity (Wildman–Crippen MR) is 121 cm³/mol. The Balaban J connectivity index is 1.45. The second kappa shape index (κ2) is 8.78. The molecule has 0 unspecified atom stereocenters. The first kappa shape index (κ1) is 21.5. The Bertz CT molecular complexity index is 977. The summed E-state index contributed by atoms with van der Waals surface area (Å²) in [6, 6.07) is 5.68. The van der Waals surface area contributed by atoms with Crippen molar-refractivity contribution in [2.24, 2.45) is 0 Å². The Kier molecular flexibility index (Phi) is 6.29. The van der Waals surface area contributed by atoms with E-state index in [1.54, 1.807) is 10.4 Å². The normalized spacial score (nSPS) is 19.4. The number of sulfonamides is 1. The number of aromatic nitrogens is 2. The first-order chi connectivity index (χ1) is 14.4. The lowest BCUT2D eigenvalue weighted by Crippen LogP contribution is -2.49. The van der Waals surface area contributed by atoms with Crippen LogP contribution in [0.25, 0.3) is 0 Å². The largest absolute Gasteiger partial charge is 0.354 e. The maximum atomic E-state index is 13.0. The van der Waals surface area contributed by atoms with Gasteiger partial charge in [0.25, 0.3) is 10.0 Å². The van der Waals surface area contributed by atoms with E-state index in [1.165, 1.54) is 11.3 Å². The van der Waals surface area contributed by atoms with E-state index in [4.69, 9.17) is 4.98 Å². The van der Waals surface area contributed by atoms with Crippen LogP contribution in [0.4, 0.5) is 11.8 Å². The van der Waals surface area contributed by atoms with Crippen LogP contribution in [0.2, 0.25) is 0 Å². The van der Waals surface area contributed by atoms with Crippen molar-refractivity contribution in [1.29, 1.82) is 0 Å². The quantitative estimate of drug-likeness (QED) is 0.686. The molecule has 8 nitrogen and oxygen atoms in total. The molecule has 2 aliphatic rings. The van der Waals surface area contributed by atoms with Gasteiger partial charge in [-0.1, -0.05) is 6.92 Å². The monoisotopic (exact) mass is 450 g/mol. The van der Waals surface area contributed by atoms with E-state index in [2.05, 4.69) is 26.7 Å². The molecule has 0 aromatic carbocycles. The van der Waals surface area contributed by atoms with E-state index in [-0.39, 0.29) is 0 Å². The van der Waals surface area contributed by atoms with Crippen LogP contribution in [-0.2, 0) is 16.4 Å². The topological polar surface area (TPSA) is 72.9 Å². The van der Waals surface area contributed by atoms with Crippen molar-refractivity contribution in [2.75, 3.05) is 69.2 Å². The van der Waals surface area contributed by atoms with Gasteiger partial charge in [0.1, 0.15) is 10.0 Å². The smallest absolute Gasteiger partial charge is 0.252 e. The lowest BCUT2D eigenvalue weighted by Gasteiger charge is -2.35. The Morgan fingerprint density at radius 3 is 2.27 bits per heavy atom. The molecule has 164 valence electrons. The van der Waals surface area contributed by atoms with Gasteiger partial charge in [0.2, 0.25) is 5.95 Å². The highest BCUT2D eigenvalue weighted by atomic mass is 32.2. The molecule has 0 radical (unpaired) electrons. The molecule has 4 heterocycles. The van der Waals surface area contributed by atoms with Crippen molar-refractivity contribution in [3.8, 4) is 0 Å². The maximum Gasteiger partial charge on any atom is 0.252 e. The molecule has 0 aliphatic carbocycles. The minimum Gasteiger partial charge on any atom is -0.354 e. The molecule has 2 aromatic rings. The van der Waals surface area contributed by atoms with Gasteiger partial charge in [-0.15, -0.1) is 11.3 Å². The van der Waals surface area contributed by atoms with Crippen LogP contribution in [0.3, 0.4) is 0 Å². The fourth-order valence-corrected chi connectivity index (χ4v) is 6.69. The number of thiophene rings is 1. The maximum absolute atomic E-state index is 13.0. The van der Waals surface area contributed by atoms with E-state index >= 15 is 0 Å². The van der Waals surface area contributed by atoms with Gasteiger partial charge >= 0.3 is 0 Å². The number of rotatable bonds is 5. The van der Waals surface area contributed by atoms with Crippen molar-refractivity contribution in [2.45, 2.75) is 24.5 Å². The summed E-state index contributed by atoms with van der Waals surface area (Å²) >= 11 is 1.37. The molecular weight excluding hydrogens is 420 g/mol. The fraction of sp³-hybridized carbons (Fsp3) is 0.600. The van der Waals surface area contributed by atoms with Gasteiger partial charge < -0.3 is 14.7 Å². The SMILES string of the molecule is CCc1ccc(S(=O)(=O)N2CCN(c3nc(C)cc(N4CCN(C)CC4)n3)CC2)s1. The molecule has 0 bridgehead atoms. The second-order valence-corrected chi connectivity index (χ2v) is 11.3. The predicted octanol–water partition coefficient (Wildman–Crippen LogP) is 1.67. The van der Waals surface area contributed by atoms with Crippen LogP contribution >= 0.6 is 11.3 Å². The number of likely N-dealkylation sites (N-methyl/N-ethyl adjacent to an activating group) is 1. The summed E-state index contributed by atoms with van der Waals surface area (Å²) in [7, 11) is -1.28. The zero-order chi connectivity index (χ0) is 21.3. The van der Waals surface area contributed by atoms with Crippen LogP contribution in [0, 0.1) is 6.92 Å². The van der Waals surface area contributed by atoms with Gasteiger partial charge in [-0.05, 0) is 32.5 Å². The summed E-state index contributed by atoms with van der Waals surface area (Å²) in [5.41, 5.74) is 0.939. The molecule has 2 saturated heterocycles. The summed E-state index contributed by atoms with van der Waals surface area (Å²) in [4.78, 5) is 17.3. The first-order valence-electron chi connectivity index (χ1n) is 10.5. The van der Waals surface area contributed by atoms with E-state index in [0.717, 1.165) is 49.0 Å². The second-order valence-electron chi connectivity index (χ2n) is 7.92. The van der Waals surface area contributed by atoms with Crippen molar-refractivity contribution >= 4 is 33.1 Å². The molecule has 0 N–H and O–H groups in total. The molecule has 30 heavy (non-hydrogen) atoms. The third-order valence-electron chi connectivity index (χ3n) is 5.76. The van der Waals surface area contributed by atoms with Crippen molar-refractivity contribution < 1.29 is 8.42 Å². The molecule has 0 atom stereocenters. The molecule has 2 aliphatic heterocycles. The molecule has 2 aromatic heterocycles. The van der Waals surface area contributed by atoms with E-state index in [9.17, 15) is 8.42 Å². The number of hydrogen-bond donors (Lipinski definition) is 0. The van der Waals surface area contributed by atoms with E-state index in [1.807, 2.05) is 26.0 Å². The first-order valence-corrected chi connectivity index (χ1v) is 12.8. The Morgan fingerprint density at radius 1 is 0.967 bits per heavy atom. The number of hydrogen-bond acceptors (Lipinski definition) is 8. The molecule has 10 heteroatoms. The van der Waals surface area contributed by atoms with Gasteiger partial charge in [-0.25, -0.2) is 13.4 Å². The van der Waals surface area contributed by atoms with Gasteiger partial charge in [0, 0.05) is 69.0 Å². The van der Waals surface area contributed by atoms with E-state index in [0.29, 0.717) is 36.3 Å². The Morgan fingerprint density at radius 2 is 1.63 bits per heavy atom. The molecule has 4 rings (SSSR count). The molecule has 0 saturated carbocycles. The lowest BCUT2D eigenvalue weighted by molar-refractivity contribution is 0.312. The summed E-state index contributed by atoms with van der Waals surface area (Å²) in [6.45, 7) is 10.1. The molecule has 0 spiro atoms. The van der Waals surface area contributed by atoms with Gasteiger partial charge in [-0.2, -0.15) is 9.29 Å². The minimum atomic E-state index is -3.42. The number of aryl methyl sites for hydroxylation is 2. The highest BCUT2D eigenvalue weighted by molar-refractivity contribution is 7.91. The number of piperazine rings is 2. The zero-order valence-electron chi connectivity index (χ0n) is 17.9. The fourth-order valence-electron chi connectivity index (χ4n) is 3.82. The van der Waals surface area contributed by atoms with Crippen LogP contribution in [0.15, 0.2) is 22.4 Å². The van der Waals surface area contributed by atoms with Gasteiger partial charge in [0.05, 0.1) is 0 Å². The number of anilines is 2. The summed E-state index contributed by atoms with van der Waals surface area (Å²) in [5.74, 6) is 1.66. The lowest BCUT2D eigenvalue weighted by atomic mass is 10.3. The average Bonchev–Trinajstić information content (AvgIpc) is 3.24. The summed E-state index contributed by atoms with van der Waals surface area (Å²) < 4.78 is 28.0. The number of nitrogens with zero attached hydrogens (tertiary/aromatic N) is 6. The van der Waals surface area contributed by atoms with Gasteiger partial charge in [0.15, 0.2) is 0 Å². The summed E-state index contributed by atoms with van der Waals surface area (Å²) in [6.07, 6.45) is 0.855. The standard InChI is InChI=1S/C20H30N6O2S2/c1-4-17-5-6-19(29-17)30(27,28)26-13-11-25(12-14-26)20-21-16(2)15-18(22-20)24-9-7-23(3)8-10-24/h5-6,15H,4,7-14H2,1-3H3. The van der Waals surface area contributed by atoms with E-state index < -0.39 is 10.0 Å². The van der Waals surface area contributed by atoms with Crippen LogP contribution in [0.1, 0.15) is 17.5 Å². The van der Waals surface area contributed by atoms with Crippen LogP contribution < -0.4 is 9.80 Å². The van der Waals surface area contributed by atoms with Crippen molar-refractivity contribution in [3.05, 3.63) is 28.8 Å². The third kappa shape index (κ3) is 4.46. The average molecular weight is 451 g/mol. The highest BCUT2D eigenvalue weighted by Crippen LogP contribution is 2.27. The van der Waals surface area contributed by atoms with Gasteiger partial charge in [-0.3, -0.25) is 0 Å². The van der Waals surface area contributed by atoms with Crippen LogP contribution in [0.5, 0.6) is 0 Å². The van der Waals surface area contributed by atoms with Crippen molar-refractivity contribution in [1.82, 2.24) is 19.2 Å². The summed E-state index contributed by atoms with van der Waals surface area (Å²) in [5, 5.41) is 0. The highest BCUT2D eigenvalue weighted by Gasteiger charge is 2.30. The van der Waals surface area contributed by atoms with Crippen molar-refractivity contribution in [3.63, 3.8) is 0 Å². The molecular formula is C20H30N6O2S2. The Hall–Kier alpha value is -1.75. The zero-order valence-corrected chi connectivity index (χ0v) is 19.5. The molecule has 2 fully saturated rings. The minimum absolute atomic E-state index is 0.442. The Labute approximate surface area is 183 Å². The third-order valence-corrected chi connectivity index (χ3v) is 9.35. The molecule has 0 amide bonds. The van der Waals surface area contributed by atoms with Crippen LogP contribution in [-0.4, -0.2) is 87.0 Å².